The molecule has 0 aliphatic carbocycles. The maximum atomic E-state index is 11.0. The van der Waals surface area contributed by atoms with Crippen molar-refractivity contribution < 1.29 is 8.63 Å². The fourth-order valence-corrected chi connectivity index (χ4v) is 1.07. The second-order valence-electron chi connectivity index (χ2n) is 2.90. The first-order valence-corrected chi connectivity index (χ1v) is 5.84. The third-order valence-corrected chi connectivity index (χ3v) is 3.05. The van der Waals surface area contributed by atoms with Gasteiger partial charge >= 0.3 is 6.01 Å². The summed E-state index contributed by atoms with van der Waals surface area (Å²) in [5, 5.41) is 10.3. The van der Waals surface area contributed by atoms with E-state index in [9.17, 15) is 4.21 Å². The van der Waals surface area contributed by atoms with Gasteiger partial charge in [-0.05, 0) is 6.92 Å². The van der Waals surface area contributed by atoms with Crippen molar-refractivity contribution in [1.82, 2.24) is 10.2 Å². The fraction of sp³-hybridized carbons (Fsp3) is 0.714. The van der Waals surface area contributed by atoms with Crippen molar-refractivity contribution >= 4 is 16.8 Å². The molecule has 1 heterocycles. The van der Waals surface area contributed by atoms with Gasteiger partial charge in [-0.15, -0.1) is 5.10 Å². The molecule has 2 unspecified atom stereocenters. The Kier molecular flexibility index (Phi) is 4.02. The molecule has 2 atom stereocenters. The number of nitrogens with two attached hydrogens (primary N) is 1. The molecular weight excluding hydrogens is 204 g/mol. The van der Waals surface area contributed by atoms with Crippen LogP contribution in [-0.2, 0) is 17.3 Å². The van der Waals surface area contributed by atoms with Crippen LogP contribution >= 0.6 is 0 Å². The van der Waals surface area contributed by atoms with E-state index < -0.39 is 10.8 Å². The molecule has 1 rings (SSSR count). The van der Waals surface area contributed by atoms with Gasteiger partial charge in [-0.25, -0.2) is 0 Å². The topological polar surface area (TPSA) is 94.0 Å². The second-order valence-corrected chi connectivity index (χ2v) is 4.70. The zero-order valence-corrected chi connectivity index (χ0v) is 9.00. The number of nitrogens with one attached hydrogen (secondary N) is 1. The molecule has 7 heteroatoms. The lowest BCUT2D eigenvalue weighted by Crippen LogP contribution is -2.20. The smallest absolute Gasteiger partial charge is 0.315 e. The Labute approximate surface area is 84.7 Å². The van der Waals surface area contributed by atoms with Crippen LogP contribution in [0.25, 0.3) is 0 Å². The van der Waals surface area contributed by atoms with Crippen molar-refractivity contribution in [2.24, 2.45) is 5.73 Å². The first-order valence-electron chi connectivity index (χ1n) is 4.22. The highest BCUT2D eigenvalue weighted by Crippen LogP contribution is 2.05. The molecule has 0 aromatic carbocycles. The average molecular weight is 218 g/mol. The Bertz CT molecular complexity index is 314. The molecule has 0 spiro atoms. The summed E-state index contributed by atoms with van der Waals surface area (Å²) in [6.45, 7) is 2.64. The minimum Gasteiger partial charge on any atom is -0.407 e. The van der Waals surface area contributed by atoms with Crippen LogP contribution in [0.5, 0.6) is 0 Å². The standard InChI is InChI=1S/C7H14N4O2S/c1-5(14(2)12)4-9-7-11-10-6(3-8)13-7/h5H,3-4,8H2,1-2H3,(H,9,11). The fourth-order valence-electron chi connectivity index (χ4n) is 0.756. The van der Waals surface area contributed by atoms with Crippen LogP contribution in [-0.4, -0.2) is 32.5 Å². The summed E-state index contributed by atoms with van der Waals surface area (Å²) in [4.78, 5) is 0. The molecule has 0 aliphatic rings. The van der Waals surface area contributed by atoms with Gasteiger partial charge in [-0.3, -0.25) is 4.21 Å². The summed E-state index contributed by atoms with van der Waals surface area (Å²) in [6.07, 6.45) is 1.66. The van der Waals surface area contributed by atoms with E-state index in [1.54, 1.807) is 6.26 Å². The van der Waals surface area contributed by atoms with E-state index in [4.69, 9.17) is 10.2 Å². The van der Waals surface area contributed by atoms with Gasteiger partial charge in [0.25, 0.3) is 0 Å². The van der Waals surface area contributed by atoms with Crippen LogP contribution in [0.4, 0.5) is 6.01 Å². The van der Waals surface area contributed by atoms with E-state index in [2.05, 4.69) is 15.5 Å². The predicted octanol–water partition coefficient (Wildman–Crippen LogP) is -0.293. The van der Waals surface area contributed by atoms with Crippen molar-refractivity contribution in [3.8, 4) is 0 Å². The summed E-state index contributed by atoms with van der Waals surface area (Å²) in [7, 11) is -0.856. The molecule has 3 N–H and O–H groups in total. The van der Waals surface area contributed by atoms with Crippen LogP contribution in [0.2, 0.25) is 0 Å². The first kappa shape index (κ1) is 11.1. The van der Waals surface area contributed by atoms with Gasteiger partial charge in [0.15, 0.2) is 0 Å². The Morgan fingerprint density at radius 3 is 2.86 bits per heavy atom. The SMILES string of the molecule is CC(CNc1nnc(CN)o1)S(C)=O. The Morgan fingerprint density at radius 1 is 1.64 bits per heavy atom. The number of anilines is 1. The van der Waals surface area contributed by atoms with Crippen molar-refractivity contribution in [1.29, 1.82) is 0 Å². The van der Waals surface area contributed by atoms with E-state index in [0.717, 1.165) is 0 Å². The van der Waals surface area contributed by atoms with E-state index in [0.29, 0.717) is 18.5 Å². The number of nitrogens with zero attached hydrogens (tertiary/aromatic N) is 2. The molecule has 80 valence electrons. The lowest BCUT2D eigenvalue weighted by atomic mass is 10.5. The van der Waals surface area contributed by atoms with E-state index in [-0.39, 0.29) is 11.8 Å². The third kappa shape index (κ3) is 3.08. The molecule has 0 fully saturated rings. The molecule has 0 amide bonds. The minimum atomic E-state index is -0.856. The lowest BCUT2D eigenvalue weighted by Gasteiger charge is -2.06. The average Bonchev–Trinajstić information content (AvgIpc) is 2.61. The molecule has 0 aliphatic heterocycles. The zero-order valence-electron chi connectivity index (χ0n) is 8.19. The zero-order chi connectivity index (χ0) is 10.6. The monoisotopic (exact) mass is 218 g/mol. The van der Waals surface area contributed by atoms with Crippen molar-refractivity contribution in [3.63, 3.8) is 0 Å². The summed E-state index contributed by atoms with van der Waals surface area (Å²) >= 11 is 0. The van der Waals surface area contributed by atoms with E-state index in [1.807, 2.05) is 6.92 Å². The molecule has 0 bridgehead atoms. The van der Waals surface area contributed by atoms with E-state index in [1.165, 1.54) is 0 Å². The highest BCUT2D eigenvalue weighted by Gasteiger charge is 2.08. The van der Waals surface area contributed by atoms with E-state index >= 15 is 0 Å². The number of hydrogen-bond donors (Lipinski definition) is 2. The molecule has 0 saturated heterocycles. The molecule has 14 heavy (non-hydrogen) atoms. The van der Waals surface area contributed by atoms with Gasteiger partial charge < -0.3 is 15.5 Å². The van der Waals surface area contributed by atoms with Gasteiger partial charge in [0.2, 0.25) is 5.89 Å². The van der Waals surface area contributed by atoms with Crippen LogP contribution < -0.4 is 11.1 Å². The molecule has 6 nitrogen and oxygen atoms in total. The molecular formula is C7H14N4O2S. The van der Waals surface area contributed by atoms with Gasteiger partial charge in [-0.1, -0.05) is 5.10 Å². The number of aromatic nitrogens is 2. The largest absolute Gasteiger partial charge is 0.407 e. The molecule has 1 aromatic heterocycles. The Hall–Kier alpha value is -0.950. The summed E-state index contributed by atoms with van der Waals surface area (Å²) in [5.41, 5.74) is 5.29. The molecule has 0 radical (unpaired) electrons. The van der Waals surface area contributed by atoms with Crippen molar-refractivity contribution in [2.45, 2.75) is 18.7 Å². The second kappa shape index (κ2) is 5.06. The highest BCUT2D eigenvalue weighted by molar-refractivity contribution is 7.84. The van der Waals surface area contributed by atoms with Gasteiger partial charge in [0, 0.05) is 28.9 Å². The lowest BCUT2D eigenvalue weighted by molar-refractivity contribution is 0.507. The van der Waals surface area contributed by atoms with Gasteiger partial charge in [0.1, 0.15) is 0 Å². The predicted molar refractivity (Wildman–Crippen MR) is 54.2 cm³/mol. The summed E-state index contributed by atoms with van der Waals surface area (Å²) < 4.78 is 16.1. The summed E-state index contributed by atoms with van der Waals surface area (Å²) in [5.74, 6) is 0.387. The number of hydrogen-bond acceptors (Lipinski definition) is 6. The van der Waals surface area contributed by atoms with Crippen LogP contribution in [0.1, 0.15) is 12.8 Å². The van der Waals surface area contributed by atoms with Crippen LogP contribution in [0.15, 0.2) is 4.42 Å². The van der Waals surface area contributed by atoms with Crippen LogP contribution in [0, 0.1) is 0 Å². The normalized spacial score (nSPS) is 15.1. The highest BCUT2D eigenvalue weighted by atomic mass is 32.2. The van der Waals surface area contributed by atoms with Gasteiger partial charge in [-0.2, -0.15) is 0 Å². The Morgan fingerprint density at radius 2 is 2.36 bits per heavy atom. The maximum Gasteiger partial charge on any atom is 0.315 e. The number of rotatable bonds is 5. The van der Waals surface area contributed by atoms with Gasteiger partial charge in [0.05, 0.1) is 6.54 Å². The quantitative estimate of drug-likeness (QED) is 0.705. The van der Waals surface area contributed by atoms with Crippen molar-refractivity contribution in [2.75, 3.05) is 18.1 Å². The summed E-state index contributed by atoms with van der Waals surface area (Å²) in [6, 6.07) is 0.322. The Balaban J connectivity index is 2.41. The van der Waals surface area contributed by atoms with Crippen LogP contribution in [0.3, 0.4) is 0 Å². The first-order chi connectivity index (χ1) is 6.63. The maximum absolute atomic E-state index is 11.0. The molecule has 0 saturated carbocycles. The third-order valence-electron chi connectivity index (χ3n) is 1.75. The van der Waals surface area contributed by atoms with Crippen molar-refractivity contribution in [3.05, 3.63) is 5.89 Å². The minimum absolute atomic E-state index is 0.0447. The molecule has 1 aromatic rings.